The highest BCUT2D eigenvalue weighted by Crippen LogP contribution is 2.56. The number of benzene rings is 7. The van der Waals surface area contributed by atoms with E-state index in [1.807, 2.05) is 0 Å². The summed E-state index contributed by atoms with van der Waals surface area (Å²) in [6.45, 7) is 9.52. The molecule has 0 atom stereocenters. The molecule has 0 spiro atoms. The molecule has 2 aliphatic carbocycles. The smallest absolute Gasteiger partial charge is 0.0546 e. The SMILES string of the molecule is CC1(C)c2ccccc2-c2ccc(N(c3cccc4c3C(C)(C)c3ccccc3-4)c3cc4ccccc4c4ccccc34)cc21. The number of rotatable bonds is 3. The molecule has 45 heavy (non-hydrogen) atoms. The van der Waals surface area contributed by atoms with Gasteiger partial charge in [-0.1, -0.05) is 143 Å². The highest BCUT2D eigenvalue weighted by molar-refractivity contribution is 6.15. The quantitative estimate of drug-likeness (QED) is 0.189. The third-order valence-corrected chi connectivity index (χ3v) is 10.6. The van der Waals surface area contributed by atoms with Crippen molar-refractivity contribution in [3.63, 3.8) is 0 Å². The monoisotopic (exact) mass is 577 g/mol. The molecule has 1 nitrogen and oxygen atoms in total. The van der Waals surface area contributed by atoms with Crippen molar-refractivity contribution in [2.75, 3.05) is 4.90 Å². The maximum absolute atomic E-state index is 2.56. The lowest BCUT2D eigenvalue weighted by molar-refractivity contribution is 0.658. The third kappa shape index (κ3) is 3.56. The molecule has 1 heteroatoms. The van der Waals surface area contributed by atoms with Crippen LogP contribution in [0.2, 0.25) is 0 Å². The largest absolute Gasteiger partial charge is 0.310 e. The molecule has 0 amide bonds. The van der Waals surface area contributed by atoms with E-state index in [9.17, 15) is 0 Å². The number of fused-ring (bicyclic) bond motifs is 9. The van der Waals surface area contributed by atoms with E-state index in [0.717, 1.165) is 0 Å². The maximum atomic E-state index is 2.56. The number of anilines is 3. The number of hydrogen-bond donors (Lipinski definition) is 0. The van der Waals surface area contributed by atoms with Crippen LogP contribution in [0.3, 0.4) is 0 Å². The molecule has 0 bridgehead atoms. The normalized spacial score (nSPS) is 15.0. The topological polar surface area (TPSA) is 3.24 Å². The fraction of sp³-hybridized carbons (Fsp3) is 0.136. The molecular formula is C44H35N. The lowest BCUT2D eigenvalue weighted by Crippen LogP contribution is -2.21. The molecule has 0 saturated heterocycles. The van der Waals surface area contributed by atoms with Gasteiger partial charge in [0.05, 0.1) is 11.4 Å². The van der Waals surface area contributed by atoms with E-state index in [-0.39, 0.29) is 10.8 Å². The summed E-state index contributed by atoms with van der Waals surface area (Å²) in [5, 5.41) is 5.07. The second-order valence-corrected chi connectivity index (χ2v) is 13.8. The standard InChI is InChI=1S/C44H35N/c1-43(2)37-21-11-9-17-32(37)34-25-24-29(27-39(34)43)45(41-26-28-14-5-6-15-30(28)31-16-7-8-19-35(31)41)40-23-13-20-36-33-18-10-12-22-38(33)44(3,4)42(36)40/h5-27H,1-4H3. The summed E-state index contributed by atoms with van der Waals surface area (Å²) in [6, 6.07) is 52.0. The molecule has 0 fully saturated rings. The van der Waals surface area contributed by atoms with Crippen molar-refractivity contribution in [3.05, 3.63) is 162 Å². The summed E-state index contributed by atoms with van der Waals surface area (Å²) in [7, 11) is 0. The van der Waals surface area contributed by atoms with Gasteiger partial charge in [0.15, 0.2) is 0 Å². The van der Waals surface area contributed by atoms with E-state index in [2.05, 4.69) is 172 Å². The summed E-state index contributed by atoms with van der Waals surface area (Å²) in [4.78, 5) is 2.56. The first-order valence-corrected chi connectivity index (χ1v) is 16.0. The van der Waals surface area contributed by atoms with Gasteiger partial charge in [-0.05, 0) is 84.9 Å². The number of nitrogens with zero attached hydrogens (tertiary/aromatic N) is 1. The molecule has 7 aromatic rings. The second kappa shape index (κ2) is 9.19. The van der Waals surface area contributed by atoms with Crippen LogP contribution in [-0.4, -0.2) is 0 Å². The summed E-state index contributed by atoms with van der Waals surface area (Å²) in [6.07, 6.45) is 0. The average Bonchev–Trinajstić information content (AvgIpc) is 3.45. The highest BCUT2D eigenvalue weighted by atomic mass is 15.1. The summed E-state index contributed by atoms with van der Waals surface area (Å²) in [5.41, 5.74) is 14.3. The van der Waals surface area contributed by atoms with Gasteiger partial charge in [-0.15, -0.1) is 0 Å². The molecule has 9 rings (SSSR count). The first-order valence-electron chi connectivity index (χ1n) is 16.0. The Morgan fingerprint density at radius 1 is 0.400 bits per heavy atom. The number of hydrogen-bond acceptors (Lipinski definition) is 1. The van der Waals surface area contributed by atoms with Crippen LogP contribution in [0.1, 0.15) is 49.9 Å². The van der Waals surface area contributed by atoms with Crippen LogP contribution in [-0.2, 0) is 10.8 Å². The summed E-state index contributed by atoms with van der Waals surface area (Å²) in [5.74, 6) is 0. The average molecular weight is 578 g/mol. The predicted octanol–water partition coefficient (Wildman–Crippen LogP) is 12.1. The van der Waals surface area contributed by atoms with Gasteiger partial charge in [-0.2, -0.15) is 0 Å². The summed E-state index contributed by atoms with van der Waals surface area (Å²) >= 11 is 0. The Kier molecular flexibility index (Phi) is 5.37. The van der Waals surface area contributed by atoms with Crippen LogP contribution < -0.4 is 4.90 Å². The highest BCUT2D eigenvalue weighted by Gasteiger charge is 2.40. The van der Waals surface area contributed by atoms with Crippen LogP contribution in [0.5, 0.6) is 0 Å². The Labute approximate surface area is 265 Å². The van der Waals surface area contributed by atoms with Crippen LogP contribution in [0.4, 0.5) is 17.1 Å². The molecule has 0 N–H and O–H groups in total. The minimum Gasteiger partial charge on any atom is -0.310 e. The molecule has 7 aromatic carbocycles. The molecule has 0 aromatic heterocycles. The molecule has 0 radical (unpaired) electrons. The second-order valence-electron chi connectivity index (χ2n) is 13.8. The van der Waals surface area contributed by atoms with Crippen molar-refractivity contribution in [1.82, 2.24) is 0 Å². The fourth-order valence-corrected chi connectivity index (χ4v) is 8.46. The van der Waals surface area contributed by atoms with Crippen molar-refractivity contribution in [1.29, 1.82) is 0 Å². The molecule has 2 aliphatic rings. The van der Waals surface area contributed by atoms with E-state index in [1.54, 1.807) is 0 Å². The molecule has 0 saturated carbocycles. The van der Waals surface area contributed by atoms with Crippen molar-refractivity contribution in [3.8, 4) is 22.3 Å². The van der Waals surface area contributed by atoms with Crippen LogP contribution >= 0.6 is 0 Å². The Morgan fingerprint density at radius 3 is 1.76 bits per heavy atom. The zero-order chi connectivity index (χ0) is 30.5. The van der Waals surface area contributed by atoms with Crippen molar-refractivity contribution in [2.24, 2.45) is 0 Å². The van der Waals surface area contributed by atoms with E-state index < -0.39 is 0 Å². The minimum atomic E-state index is -0.153. The van der Waals surface area contributed by atoms with Gasteiger partial charge in [-0.3, -0.25) is 0 Å². The van der Waals surface area contributed by atoms with Gasteiger partial charge >= 0.3 is 0 Å². The van der Waals surface area contributed by atoms with E-state index in [1.165, 1.54) is 83.1 Å². The van der Waals surface area contributed by atoms with Crippen LogP contribution in [0.25, 0.3) is 43.8 Å². The predicted molar refractivity (Wildman–Crippen MR) is 191 cm³/mol. The van der Waals surface area contributed by atoms with Gasteiger partial charge in [0.25, 0.3) is 0 Å². The lowest BCUT2D eigenvalue weighted by Gasteiger charge is -2.34. The van der Waals surface area contributed by atoms with Gasteiger partial charge in [-0.25, -0.2) is 0 Å². The Balaban J connectivity index is 1.38. The Morgan fingerprint density at radius 2 is 0.978 bits per heavy atom. The van der Waals surface area contributed by atoms with Gasteiger partial charge < -0.3 is 4.90 Å². The first kappa shape index (κ1) is 26.3. The molecular weight excluding hydrogens is 542 g/mol. The minimum absolute atomic E-state index is 0.0901. The maximum Gasteiger partial charge on any atom is 0.0546 e. The van der Waals surface area contributed by atoms with Crippen molar-refractivity contribution >= 4 is 38.6 Å². The van der Waals surface area contributed by atoms with Crippen LogP contribution in [0, 0.1) is 0 Å². The van der Waals surface area contributed by atoms with E-state index >= 15 is 0 Å². The lowest BCUT2D eigenvalue weighted by atomic mass is 9.81. The van der Waals surface area contributed by atoms with Gasteiger partial charge in [0.2, 0.25) is 0 Å². The third-order valence-electron chi connectivity index (χ3n) is 10.6. The Bertz CT molecular complexity index is 2340. The van der Waals surface area contributed by atoms with E-state index in [4.69, 9.17) is 0 Å². The zero-order valence-corrected chi connectivity index (χ0v) is 26.2. The summed E-state index contributed by atoms with van der Waals surface area (Å²) < 4.78 is 0. The molecule has 216 valence electrons. The molecule has 0 aliphatic heterocycles. The first-order chi connectivity index (χ1) is 21.9. The van der Waals surface area contributed by atoms with Crippen molar-refractivity contribution < 1.29 is 0 Å². The fourth-order valence-electron chi connectivity index (χ4n) is 8.46. The van der Waals surface area contributed by atoms with Crippen LogP contribution in [0.15, 0.2) is 140 Å². The zero-order valence-electron chi connectivity index (χ0n) is 26.2. The molecule has 0 heterocycles. The molecule has 0 unspecified atom stereocenters. The van der Waals surface area contributed by atoms with Crippen molar-refractivity contribution in [2.45, 2.75) is 38.5 Å². The van der Waals surface area contributed by atoms with E-state index in [0.29, 0.717) is 0 Å². The van der Waals surface area contributed by atoms with Gasteiger partial charge in [0.1, 0.15) is 0 Å². The Hall–Kier alpha value is -5.14. The van der Waals surface area contributed by atoms with Gasteiger partial charge in [0, 0.05) is 21.9 Å².